The first-order valence-corrected chi connectivity index (χ1v) is 10.2. The number of nitrogens with zero attached hydrogens (tertiary/aromatic N) is 4. The molecule has 1 aliphatic heterocycles. The van der Waals surface area contributed by atoms with E-state index in [4.69, 9.17) is 5.26 Å². The van der Waals surface area contributed by atoms with Crippen LogP contribution in [0.25, 0.3) is 23.1 Å². The van der Waals surface area contributed by atoms with Gasteiger partial charge in [0.2, 0.25) is 5.91 Å². The van der Waals surface area contributed by atoms with E-state index in [-0.39, 0.29) is 0 Å². The number of rotatable bonds is 5. The van der Waals surface area contributed by atoms with Gasteiger partial charge in [-0.2, -0.15) is 5.26 Å². The lowest BCUT2D eigenvalue weighted by Gasteiger charge is -2.19. The van der Waals surface area contributed by atoms with Gasteiger partial charge in [0.25, 0.3) is 11.8 Å². The molecule has 3 aromatic rings. The van der Waals surface area contributed by atoms with E-state index in [9.17, 15) is 18.4 Å². The number of pyridine rings is 2. The van der Waals surface area contributed by atoms with Crippen molar-refractivity contribution in [1.29, 1.82) is 5.26 Å². The number of hydrogen-bond acceptors (Lipinski definition) is 5. The minimum Gasteiger partial charge on any atom is -0.343 e. The van der Waals surface area contributed by atoms with Crippen LogP contribution in [0.15, 0.2) is 55.0 Å². The molecule has 1 N–H and O–H groups in total. The lowest BCUT2D eigenvalue weighted by Crippen LogP contribution is -2.43. The smallest absolute Gasteiger partial charge is 0.268 e. The Morgan fingerprint density at radius 1 is 1.21 bits per heavy atom. The van der Waals surface area contributed by atoms with Crippen LogP contribution < -0.4 is 5.32 Å². The molecule has 166 valence electrons. The summed E-state index contributed by atoms with van der Waals surface area (Å²) >= 11 is 0. The summed E-state index contributed by atoms with van der Waals surface area (Å²) in [4.78, 5) is 34.3. The standard InChI is InChI=1S/C24H19F2N5O2/c25-24(26)11-18(12-27)31(15-24)22(32)14-30-23(33)19-7-9-29-21-6-5-16(10-20(19)21)3-4-17-2-1-8-28-13-17/h1-10,13,18H,11,14-15H2,(H,30,33)/b4-3+/t18-/m0/s1. The lowest BCUT2D eigenvalue weighted by molar-refractivity contribution is -0.131. The summed E-state index contributed by atoms with van der Waals surface area (Å²) in [6.45, 7) is -1.32. The van der Waals surface area contributed by atoms with Gasteiger partial charge in [-0.3, -0.25) is 19.6 Å². The van der Waals surface area contributed by atoms with Gasteiger partial charge >= 0.3 is 0 Å². The number of amides is 2. The number of carbonyl (C=O) groups excluding carboxylic acids is 2. The molecular formula is C24H19F2N5O2. The van der Waals surface area contributed by atoms with Crippen molar-refractivity contribution in [3.05, 3.63) is 71.7 Å². The van der Waals surface area contributed by atoms with E-state index in [2.05, 4.69) is 15.3 Å². The van der Waals surface area contributed by atoms with Crippen molar-refractivity contribution >= 4 is 34.9 Å². The Morgan fingerprint density at radius 2 is 2.03 bits per heavy atom. The van der Waals surface area contributed by atoms with Crippen LogP contribution in [0, 0.1) is 11.3 Å². The van der Waals surface area contributed by atoms with E-state index in [1.54, 1.807) is 30.6 Å². The second-order valence-corrected chi connectivity index (χ2v) is 7.66. The maximum atomic E-state index is 13.6. The summed E-state index contributed by atoms with van der Waals surface area (Å²) in [7, 11) is 0. The van der Waals surface area contributed by atoms with Gasteiger partial charge in [0, 0.05) is 30.4 Å². The van der Waals surface area contributed by atoms with Crippen LogP contribution in [0.2, 0.25) is 0 Å². The third kappa shape index (κ3) is 5.01. The minimum absolute atomic E-state index is 0.299. The van der Waals surface area contributed by atoms with Gasteiger partial charge < -0.3 is 10.2 Å². The predicted octanol–water partition coefficient (Wildman–Crippen LogP) is 3.29. The van der Waals surface area contributed by atoms with Gasteiger partial charge in [-0.25, -0.2) is 8.78 Å². The number of halogens is 2. The second-order valence-electron chi connectivity index (χ2n) is 7.66. The molecular weight excluding hydrogens is 428 g/mol. The monoisotopic (exact) mass is 447 g/mol. The zero-order valence-electron chi connectivity index (χ0n) is 17.4. The highest BCUT2D eigenvalue weighted by atomic mass is 19.3. The maximum absolute atomic E-state index is 13.6. The summed E-state index contributed by atoms with van der Waals surface area (Å²) in [6, 6.07) is 11.2. The number of benzene rings is 1. The Morgan fingerprint density at radius 3 is 2.79 bits per heavy atom. The SMILES string of the molecule is N#C[C@@H]1CC(F)(F)CN1C(=O)CNC(=O)c1ccnc2ccc(/C=C/c3cccnc3)cc12. The molecule has 2 amide bonds. The van der Waals surface area contributed by atoms with Crippen LogP contribution >= 0.6 is 0 Å². The largest absolute Gasteiger partial charge is 0.343 e. The van der Waals surface area contributed by atoms with E-state index >= 15 is 0 Å². The maximum Gasteiger partial charge on any atom is 0.268 e. The molecule has 1 fully saturated rings. The van der Waals surface area contributed by atoms with Crippen molar-refractivity contribution < 1.29 is 18.4 Å². The molecule has 1 aromatic carbocycles. The van der Waals surface area contributed by atoms with E-state index in [1.165, 1.54) is 12.3 Å². The van der Waals surface area contributed by atoms with Crippen LogP contribution in [-0.4, -0.2) is 51.7 Å². The first-order chi connectivity index (χ1) is 15.9. The molecule has 0 spiro atoms. The fraction of sp³-hybridized carbons (Fsp3) is 0.208. The molecule has 0 radical (unpaired) electrons. The molecule has 0 saturated carbocycles. The van der Waals surface area contributed by atoms with Gasteiger partial charge in [-0.15, -0.1) is 0 Å². The number of nitriles is 1. The molecule has 0 unspecified atom stereocenters. The van der Waals surface area contributed by atoms with Gasteiger partial charge in [-0.05, 0) is 35.4 Å². The summed E-state index contributed by atoms with van der Waals surface area (Å²) in [5, 5.41) is 12.1. The van der Waals surface area contributed by atoms with Crippen molar-refractivity contribution in [2.75, 3.05) is 13.1 Å². The normalized spacial score (nSPS) is 17.2. The molecule has 3 heterocycles. The van der Waals surface area contributed by atoms with E-state index in [0.29, 0.717) is 16.5 Å². The Bertz CT molecular complexity index is 1270. The number of likely N-dealkylation sites (tertiary alicyclic amines) is 1. The van der Waals surface area contributed by atoms with Crippen LogP contribution in [-0.2, 0) is 4.79 Å². The van der Waals surface area contributed by atoms with Crippen molar-refractivity contribution in [2.45, 2.75) is 18.4 Å². The molecule has 9 heteroatoms. The fourth-order valence-electron chi connectivity index (χ4n) is 3.68. The zero-order chi connectivity index (χ0) is 23.4. The molecule has 2 aromatic heterocycles. The number of aromatic nitrogens is 2. The second kappa shape index (κ2) is 9.12. The molecule has 1 aliphatic rings. The van der Waals surface area contributed by atoms with Crippen LogP contribution in [0.4, 0.5) is 8.78 Å². The van der Waals surface area contributed by atoms with Crippen molar-refractivity contribution in [3.8, 4) is 6.07 Å². The molecule has 1 saturated heterocycles. The topological polar surface area (TPSA) is 99.0 Å². The highest BCUT2D eigenvalue weighted by molar-refractivity contribution is 6.07. The Hall–Kier alpha value is -4.19. The van der Waals surface area contributed by atoms with Crippen LogP contribution in [0.3, 0.4) is 0 Å². The van der Waals surface area contributed by atoms with Crippen LogP contribution in [0.1, 0.15) is 27.9 Å². The quantitative estimate of drug-likeness (QED) is 0.647. The highest BCUT2D eigenvalue weighted by Gasteiger charge is 2.47. The van der Waals surface area contributed by atoms with E-state index < -0.39 is 43.3 Å². The molecule has 7 nitrogen and oxygen atoms in total. The summed E-state index contributed by atoms with van der Waals surface area (Å²) < 4.78 is 27.2. The molecule has 4 rings (SSSR count). The highest BCUT2D eigenvalue weighted by Crippen LogP contribution is 2.31. The number of carbonyl (C=O) groups is 2. The van der Waals surface area contributed by atoms with Gasteiger partial charge in [0.15, 0.2) is 0 Å². The van der Waals surface area contributed by atoms with Crippen molar-refractivity contribution in [2.24, 2.45) is 0 Å². The van der Waals surface area contributed by atoms with Crippen molar-refractivity contribution in [1.82, 2.24) is 20.2 Å². The molecule has 33 heavy (non-hydrogen) atoms. The van der Waals surface area contributed by atoms with Gasteiger partial charge in [0.05, 0.1) is 30.2 Å². The molecule has 0 bridgehead atoms. The Labute approximate surface area is 188 Å². The lowest BCUT2D eigenvalue weighted by atomic mass is 10.0. The predicted molar refractivity (Wildman–Crippen MR) is 118 cm³/mol. The summed E-state index contributed by atoms with van der Waals surface area (Å²) in [5.41, 5.74) is 2.65. The van der Waals surface area contributed by atoms with Gasteiger partial charge in [-0.1, -0.05) is 24.3 Å². The Kier molecular flexibility index (Phi) is 6.09. The number of nitrogens with one attached hydrogen (secondary N) is 1. The third-order valence-corrected chi connectivity index (χ3v) is 5.30. The number of fused-ring (bicyclic) bond motifs is 1. The fourth-order valence-corrected chi connectivity index (χ4v) is 3.68. The van der Waals surface area contributed by atoms with Crippen molar-refractivity contribution in [3.63, 3.8) is 0 Å². The zero-order valence-corrected chi connectivity index (χ0v) is 17.4. The number of alkyl halides is 2. The third-order valence-electron chi connectivity index (χ3n) is 5.30. The van der Waals surface area contributed by atoms with Gasteiger partial charge in [0.1, 0.15) is 6.04 Å². The molecule has 0 aliphatic carbocycles. The van der Waals surface area contributed by atoms with E-state index in [0.717, 1.165) is 16.0 Å². The van der Waals surface area contributed by atoms with Crippen LogP contribution in [0.5, 0.6) is 0 Å². The average molecular weight is 447 g/mol. The summed E-state index contributed by atoms with van der Waals surface area (Å²) in [6.07, 6.45) is 7.96. The summed E-state index contributed by atoms with van der Waals surface area (Å²) in [5.74, 6) is -4.38. The molecule has 1 atom stereocenters. The first-order valence-electron chi connectivity index (χ1n) is 10.2. The van der Waals surface area contributed by atoms with E-state index in [1.807, 2.05) is 30.4 Å². The first kappa shape index (κ1) is 22.0. The average Bonchev–Trinajstić information content (AvgIpc) is 3.15. The minimum atomic E-state index is -3.11. The Balaban J connectivity index is 1.50. The number of hydrogen-bond donors (Lipinski definition) is 1.